The first kappa shape index (κ1) is 17.0. The van der Waals surface area contributed by atoms with Gasteiger partial charge in [0, 0.05) is 10.6 Å². The summed E-state index contributed by atoms with van der Waals surface area (Å²) in [5.41, 5.74) is 2.25. The van der Waals surface area contributed by atoms with Crippen LogP contribution in [0, 0.1) is 6.92 Å². The number of rotatable bonds is 5. The van der Waals surface area contributed by atoms with Crippen LogP contribution in [-0.2, 0) is 0 Å². The van der Waals surface area contributed by atoms with Gasteiger partial charge in [0.2, 0.25) is 5.58 Å². The van der Waals surface area contributed by atoms with Crippen molar-refractivity contribution in [2.75, 3.05) is 0 Å². The molecule has 0 unspecified atom stereocenters. The highest BCUT2D eigenvalue weighted by Gasteiger charge is 2.21. The predicted molar refractivity (Wildman–Crippen MR) is 94.8 cm³/mol. The van der Waals surface area contributed by atoms with E-state index in [0.717, 1.165) is 12.8 Å². The van der Waals surface area contributed by atoms with Crippen molar-refractivity contribution < 1.29 is 9.26 Å². The molecular weight excluding hydrogens is 349 g/mol. The molecule has 126 valence electrons. The average Bonchev–Trinajstić information content (AvgIpc) is 2.96. The molecule has 3 rings (SSSR count). The lowest BCUT2D eigenvalue weighted by Gasteiger charge is -2.14. The molecule has 2 aromatic heterocycles. The minimum absolute atomic E-state index is 0.0650. The Kier molecular flexibility index (Phi) is 4.92. The average molecular weight is 366 g/mol. The highest BCUT2D eigenvalue weighted by molar-refractivity contribution is 6.36. The summed E-state index contributed by atoms with van der Waals surface area (Å²) in [5, 5.41) is 5.17. The number of ether oxygens (including phenoxy) is 1. The van der Waals surface area contributed by atoms with Gasteiger partial charge in [0.1, 0.15) is 23.1 Å². The van der Waals surface area contributed by atoms with Gasteiger partial charge in [-0.05, 0) is 38.0 Å². The SMILES string of the molecule is CCC(CC)Oc1nc(C)nc2c(-c3ccc(Cl)cc3Cl)noc12. The number of halogens is 2. The van der Waals surface area contributed by atoms with Crippen LogP contribution in [0.1, 0.15) is 32.5 Å². The molecule has 0 aliphatic heterocycles. The maximum atomic E-state index is 6.29. The smallest absolute Gasteiger partial charge is 0.265 e. The van der Waals surface area contributed by atoms with Gasteiger partial charge in [0.25, 0.3) is 5.88 Å². The monoisotopic (exact) mass is 365 g/mol. The van der Waals surface area contributed by atoms with Gasteiger partial charge in [-0.15, -0.1) is 0 Å². The van der Waals surface area contributed by atoms with E-state index in [0.29, 0.717) is 44.1 Å². The normalized spacial score (nSPS) is 11.4. The fourth-order valence-electron chi connectivity index (χ4n) is 2.47. The Morgan fingerprint density at radius 2 is 1.92 bits per heavy atom. The van der Waals surface area contributed by atoms with Gasteiger partial charge in [-0.2, -0.15) is 4.98 Å². The van der Waals surface area contributed by atoms with Crippen molar-refractivity contribution in [2.45, 2.75) is 39.7 Å². The number of aryl methyl sites for hydroxylation is 1. The maximum Gasteiger partial charge on any atom is 0.265 e. The van der Waals surface area contributed by atoms with E-state index in [4.69, 9.17) is 32.5 Å². The number of aromatic nitrogens is 3. The molecule has 0 saturated heterocycles. The third-order valence-electron chi connectivity index (χ3n) is 3.77. The zero-order valence-electron chi connectivity index (χ0n) is 13.6. The van der Waals surface area contributed by atoms with Gasteiger partial charge in [-0.25, -0.2) is 4.98 Å². The van der Waals surface area contributed by atoms with Crippen LogP contribution in [0.2, 0.25) is 10.0 Å². The molecule has 5 nitrogen and oxygen atoms in total. The predicted octanol–water partition coefficient (Wildman–Crippen LogP) is 5.47. The molecule has 0 saturated carbocycles. The Hall–Kier alpha value is -1.85. The number of fused-ring (bicyclic) bond motifs is 1. The van der Waals surface area contributed by atoms with E-state index in [2.05, 4.69) is 29.0 Å². The second kappa shape index (κ2) is 6.95. The molecule has 0 radical (unpaired) electrons. The number of nitrogens with zero attached hydrogens (tertiary/aromatic N) is 3. The molecular formula is C17H17Cl2N3O2. The van der Waals surface area contributed by atoms with Crippen molar-refractivity contribution >= 4 is 34.3 Å². The molecule has 0 N–H and O–H groups in total. The molecule has 7 heteroatoms. The molecule has 3 aromatic rings. The Morgan fingerprint density at radius 1 is 1.17 bits per heavy atom. The quantitative estimate of drug-likeness (QED) is 0.599. The molecule has 1 aromatic carbocycles. The van der Waals surface area contributed by atoms with Crippen LogP contribution in [0.5, 0.6) is 5.88 Å². The first-order valence-corrected chi connectivity index (χ1v) is 8.55. The summed E-state index contributed by atoms with van der Waals surface area (Å²) in [6.45, 7) is 5.94. The van der Waals surface area contributed by atoms with Crippen LogP contribution >= 0.6 is 23.2 Å². The highest BCUT2D eigenvalue weighted by atomic mass is 35.5. The topological polar surface area (TPSA) is 61.0 Å². The van der Waals surface area contributed by atoms with E-state index in [1.807, 2.05) is 0 Å². The van der Waals surface area contributed by atoms with E-state index in [9.17, 15) is 0 Å². The zero-order valence-corrected chi connectivity index (χ0v) is 15.1. The Bertz CT molecular complexity index is 876. The number of hydrogen-bond acceptors (Lipinski definition) is 5. The largest absolute Gasteiger partial charge is 0.472 e. The van der Waals surface area contributed by atoms with E-state index < -0.39 is 0 Å². The van der Waals surface area contributed by atoms with E-state index in [1.165, 1.54) is 0 Å². The molecule has 0 atom stereocenters. The second-order valence-electron chi connectivity index (χ2n) is 5.47. The van der Waals surface area contributed by atoms with Gasteiger partial charge in [-0.1, -0.05) is 42.2 Å². The number of hydrogen-bond donors (Lipinski definition) is 0. The van der Waals surface area contributed by atoms with Crippen LogP contribution in [0.3, 0.4) is 0 Å². The number of benzene rings is 1. The van der Waals surface area contributed by atoms with E-state index in [1.54, 1.807) is 25.1 Å². The van der Waals surface area contributed by atoms with Gasteiger partial charge in [0.15, 0.2) is 0 Å². The summed E-state index contributed by atoms with van der Waals surface area (Å²) >= 11 is 12.3. The van der Waals surface area contributed by atoms with Crippen molar-refractivity contribution in [3.63, 3.8) is 0 Å². The van der Waals surface area contributed by atoms with Crippen LogP contribution in [-0.4, -0.2) is 21.2 Å². The molecule has 0 aliphatic rings. The minimum atomic E-state index is 0.0650. The van der Waals surface area contributed by atoms with E-state index in [-0.39, 0.29) is 6.10 Å². The second-order valence-corrected chi connectivity index (χ2v) is 6.31. The van der Waals surface area contributed by atoms with E-state index >= 15 is 0 Å². The lowest BCUT2D eigenvalue weighted by atomic mass is 10.1. The molecule has 0 spiro atoms. The maximum absolute atomic E-state index is 6.29. The summed E-state index contributed by atoms with van der Waals surface area (Å²) < 4.78 is 11.4. The van der Waals surface area contributed by atoms with Crippen LogP contribution < -0.4 is 4.74 Å². The lowest BCUT2D eigenvalue weighted by Crippen LogP contribution is -2.15. The van der Waals surface area contributed by atoms with Gasteiger partial charge in [0.05, 0.1) is 5.02 Å². The standard InChI is InChI=1S/C17H17Cl2N3O2/c1-4-11(5-2)23-17-16-15(20-9(3)21-17)14(22-24-16)12-7-6-10(18)8-13(12)19/h6-8,11H,4-5H2,1-3H3. The molecule has 0 amide bonds. The third-order valence-corrected chi connectivity index (χ3v) is 4.32. The minimum Gasteiger partial charge on any atom is -0.472 e. The van der Waals surface area contributed by atoms with Crippen LogP contribution in [0.4, 0.5) is 0 Å². The van der Waals surface area contributed by atoms with Crippen LogP contribution in [0.15, 0.2) is 22.7 Å². The molecule has 0 aliphatic carbocycles. The first-order chi connectivity index (χ1) is 11.5. The molecule has 0 fully saturated rings. The molecule has 24 heavy (non-hydrogen) atoms. The summed E-state index contributed by atoms with van der Waals surface area (Å²) in [5.74, 6) is 0.994. The Labute approximate surface area is 149 Å². The summed E-state index contributed by atoms with van der Waals surface area (Å²) in [4.78, 5) is 8.82. The third kappa shape index (κ3) is 3.19. The van der Waals surface area contributed by atoms with Crippen molar-refractivity contribution in [2.24, 2.45) is 0 Å². The fourth-order valence-corrected chi connectivity index (χ4v) is 2.96. The molecule has 2 heterocycles. The van der Waals surface area contributed by atoms with Crippen molar-refractivity contribution in [1.82, 2.24) is 15.1 Å². The molecule has 0 bridgehead atoms. The highest BCUT2D eigenvalue weighted by Crippen LogP contribution is 2.36. The van der Waals surface area contributed by atoms with Crippen molar-refractivity contribution in [3.05, 3.63) is 34.1 Å². The van der Waals surface area contributed by atoms with Gasteiger partial charge >= 0.3 is 0 Å². The summed E-state index contributed by atoms with van der Waals surface area (Å²) in [7, 11) is 0. The summed E-state index contributed by atoms with van der Waals surface area (Å²) in [6, 6.07) is 5.20. The van der Waals surface area contributed by atoms with Crippen LogP contribution in [0.25, 0.3) is 22.4 Å². The first-order valence-electron chi connectivity index (χ1n) is 7.79. The van der Waals surface area contributed by atoms with Gasteiger partial charge in [-0.3, -0.25) is 0 Å². The zero-order chi connectivity index (χ0) is 17.3. The van der Waals surface area contributed by atoms with Crippen molar-refractivity contribution in [1.29, 1.82) is 0 Å². The lowest BCUT2D eigenvalue weighted by molar-refractivity contribution is 0.183. The Balaban J connectivity index is 2.14. The van der Waals surface area contributed by atoms with Gasteiger partial charge < -0.3 is 9.26 Å². The summed E-state index contributed by atoms with van der Waals surface area (Å²) in [6.07, 6.45) is 1.82. The van der Waals surface area contributed by atoms with Crippen molar-refractivity contribution in [3.8, 4) is 17.1 Å². The Morgan fingerprint density at radius 3 is 2.58 bits per heavy atom. The fraction of sp³-hybridized carbons (Fsp3) is 0.353.